The van der Waals surface area contributed by atoms with Gasteiger partial charge in [0.15, 0.2) is 8.32 Å². The molecule has 30 heavy (non-hydrogen) atoms. The maximum absolute atomic E-state index is 11.3. The van der Waals surface area contributed by atoms with Gasteiger partial charge in [0.1, 0.15) is 0 Å². The molecule has 3 N–H and O–H groups in total. The Hall–Kier alpha value is -0.203. The number of rotatable bonds is 2. The van der Waals surface area contributed by atoms with Crippen LogP contribution >= 0.6 is 0 Å². The second-order valence-electron chi connectivity index (χ2n) is 12.9. The zero-order valence-electron chi connectivity index (χ0n) is 20.1. The van der Waals surface area contributed by atoms with Crippen LogP contribution in [-0.4, -0.2) is 48.1 Å². The van der Waals surface area contributed by atoms with Gasteiger partial charge in [-0.3, -0.25) is 0 Å². The van der Waals surface area contributed by atoms with Crippen molar-refractivity contribution in [2.24, 2.45) is 28.6 Å². The van der Waals surface area contributed by atoms with Crippen LogP contribution in [0.2, 0.25) is 18.1 Å². The first-order valence-electron chi connectivity index (χ1n) is 12.1. The predicted molar refractivity (Wildman–Crippen MR) is 123 cm³/mol. The van der Waals surface area contributed by atoms with Gasteiger partial charge in [-0.2, -0.15) is 0 Å². The van der Waals surface area contributed by atoms with Crippen molar-refractivity contribution in [3.05, 3.63) is 11.6 Å². The third kappa shape index (κ3) is 3.30. The molecular weight excluding hydrogens is 392 g/mol. The maximum atomic E-state index is 11.3. The molecule has 5 heteroatoms. The van der Waals surface area contributed by atoms with E-state index in [-0.39, 0.29) is 33.8 Å². The van der Waals surface area contributed by atoms with E-state index < -0.39 is 26.6 Å². The lowest BCUT2D eigenvalue weighted by molar-refractivity contribution is -0.109. The van der Waals surface area contributed by atoms with Crippen LogP contribution < -0.4 is 0 Å². The lowest BCUT2D eigenvalue weighted by atomic mass is 9.47. The van der Waals surface area contributed by atoms with E-state index in [2.05, 4.69) is 53.8 Å². The van der Waals surface area contributed by atoms with Gasteiger partial charge < -0.3 is 19.7 Å². The van der Waals surface area contributed by atoms with Gasteiger partial charge in [0, 0.05) is 6.10 Å². The van der Waals surface area contributed by atoms with E-state index in [4.69, 9.17) is 4.43 Å². The maximum Gasteiger partial charge on any atom is 0.192 e. The van der Waals surface area contributed by atoms with Crippen LogP contribution in [0.1, 0.15) is 73.1 Å². The van der Waals surface area contributed by atoms with Gasteiger partial charge in [-0.05, 0) is 85.2 Å². The van der Waals surface area contributed by atoms with Crippen molar-refractivity contribution in [3.8, 4) is 0 Å². The Balaban J connectivity index is 1.59. The molecule has 3 fully saturated rings. The predicted octanol–water partition coefficient (Wildman–Crippen LogP) is 4.64. The molecule has 9 atom stereocenters. The molecule has 0 amide bonds. The second-order valence-corrected chi connectivity index (χ2v) is 17.7. The summed E-state index contributed by atoms with van der Waals surface area (Å²) in [5.41, 5.74) is 1.23. The van der Waals surface area contributed by atoms with Gasteiger partial charge in [-0.25, -0.2) is 0 Å². The third-order valence-electron chi connectivity index (χ3n) is 10.3. The summed E-state index contributed by atoms with van der Waals surface area (Å²) in [6, 6.07) is 0. The molecule has 0 aromatic rings. The normalized spacial score (nSPS) is 49.1. The molecule has 4 rings (SSSR count). The van der Waals surface area contributed by atoms with E-state index in [1.54, 1.807) is 0 Å². The van der Waals surface area contributed by atoms with Crippen molar-refractivity contribution in [3.63, 3.8) is 0 Å². The van der Waals surface area contributed by atoms with Crippen LogP contribution in [0.5, 0.6) is 0 Å². The highest BCUT2D eigenvalue weighted by molar-refractivity contribution is 6.74. The van der Waals surface area contributed by atoms with Crippen LogP contribution in [0, 0.1) is 28.6 Å². The lowest BCUT2D eigenvalue weighted by Gasteiger charge is -2.59. The minimum Gasteiger partial charge on any atom is -0.414 e. The molecule has 0 heterocycles. The molecule has 0 saturated heterocycles. The molecule has 4 aliphatic rings. The molecule has 4 nitrogen and oxygen atoms in total. The zero-order valence-corrected chi connectivity index (χ0v) is 21.1. The van der Waals surface area contributed by atoms with Gasteiger partial charge >= 0.3 is 0 Å². The number of aliphatic hydroxyl groups is 3. The number of aliphatic hydroxyl groups excluding tert-OH is 3. The summed E-state index contributed by atoms with van der Waals surface area (Å²) in [5, 5.41) is 32.6. The average molecular weight is 437 g/mol. The van der Waals surface area contributed by atoms with E-state index >= 15 is 0 Å². The molecule has 0 aromatic carbocycles. The van der Waals surface area contributed by atoms with Crippen molar-refractivity contribution in [1.29, 1.82) is 0 Å². The van der Waals surface area contributed by atoms with Crippen LogP contribution in [0.15, 0.2) is 11.6 Å². The second kappa shape index (κ2) is 7.15. The Bertz CT molecular complexity index is 712. The highest BCUT2D eigenvalue weighted by atomic mass is 28.4. The topological polar surface area (TPSA) is 69.9 Å². The minimum atomic E-state index is -1.81. The van der Waals surface area contributed by atoms with E-state index in [9.17, 15) is 15.3 Å². The van der Waals surface area contributed by atoms with E-state index in [0.29, 0.717) is 12.3 Å². The number of fused-ring (bicyclic) bond motifs is 5. The molecule has 4 unspecified atom stereocenters. The molecule has 0 aromatic heterocycles. The Morgan fingerprint density at radius 1 is 1.03 bits per heavy atom. The molecule has 4 aliphatic carbocycles. The highest BCUT2D eigenvalue weighted by Gasteiger charge is 2.62. The van der Waals surface area contributed by atoms with Crippen molar-refractivity contribution < 1.29 is 19.7 Å². The van der Waals surface area contributed by atoms with E-state index in [1.807, 2.05) is 0 Å². The lowest BCUT2D eigenvalue weighted by Crippen LogP contribution is -2.56. The fourth-order valence-electron chi connectivity index (χ4n) is 7.30. The molecule has 0 radical (unpaired) electrons. The summed E-state index contributed by atoms with van der Waals surface area (Å²) in [7, 11) is -1.81. The molecule has 0 bridgehead atoms. The SMILES string of the molecule is CC(C)(C)[Si](C)(C)O[C@H]1CC[C@@]2(C)C(=CC(O)C3C2CC[C@@]2(C)C3C[C@@H](O)[C@@H]2O)C1. The largest absolute Gasteiger partial charge is 0.414 e. The van der Waals surface area contributed by atoms with Crippen molar-refractivity contribution >= 4 is 8.32 Å². The quantitative estimate of drug-likeness (QED) is 0.436. The van der Waals surface area contributed by atoms with Crippen LogP contribution in [0.4, 0.5) is 0 Å². The third-order valence-corrected chi connectivity index (χ3v) is 14.9. The fourth-order valence-corrected chi connectivity index (χ4v) is 8.69. The average Bonchev–Trinajstić information content (AvgIpc) is 2.85. The fraction of sp³-hybridized carbons (Fsp3) is 0.920. The summed E-state index contributed by atoms with van der Waals surface area (Å²) in [5.74, 6) is 0.756. The minimum absolute atomic E-state index is 0.108. The first-order chi connectivity index (χ1) is 13.7. The molecule has 0 spiro atoms. The van der Waals surface area contributed by atoms with Crippen molar-refractivity contribution in [2.75, 3.05) is 0 Å². The standard InChI is InChI=1S/C25H44O4Si/c1-23(2,3)30(6,7)29-16-8-10-24(4)15(12-16)13-19(26)21-17(24)9-11-25(5)18(21)14-20(27)22(25)28/h13,16-22,26-28H,8-12,14H2,1-7H3/t16-,17?,18?,19?,20+,21?,22-,24-,25-/m0/s1. The van der Waals surface area contributed by atoms with Gasteiger partial charge in [-0.15, -0.1) is 0 Å². The molecule has 3 saturated carbocycles. The number of hydrogen-bond acceptors (Lipinski definition) is 4. The Morgan fingerprint density at radius 2 is 1.70 bits per heavy atom. The zero-order chi connectivity index (χ0) is 22.3. The van der Waals surface area contributed by atoms with Gasteiger partial charge in [0.2, 0.25) is 0 Å². The summed E-state index contributed by atoms with van der Waals surface area (Å²) in [6.45, 7) is 16.1. The van der Waals surface area contributed by atoms with Gasteiger partial charge in [0.05, 0.1) is 18.3 Å². The summed E-state index contributed by atoms with van der Waals surface area (Å²) >= 11 is 0. The summed E-state index contributed by atoms with van der Waals surface area (Å²) < 4.78 is 6.77. The van der Waals surface area contributed by atoms with E-state index in [0.717, 1.165) is 32.1 Å². The van der Waals surface area contributed by atoms with Gasteiger partial charge in [0.25, 0.3) is 0 Å². The molecule has 0 aliphatic heterocycles. The Kier molecular flexibility index (Phi) is 5.47. The monoisotopic (exact) mass is 436 g/mol. The van der Waals surface area contributed by atoms with Gasteiger partial charge in [-0.1, -0.05) is 46.3 Å². The van der Waals surface area contributed by atoms with Crippen LogP contribution in [-0.2, 0) is 4.43 Å². The summed E-state index contributed by atoms with van der Waals surface area (Å²) in [4.78, 5) is 0. The first-order valence-corrected chi connectivity index (χ1v) is 15.0. The van der Waals surface area contributed by atoms with Crippen LogP contribution in [0.3, 0.4) is 0 Å². The number of hydrogen-bond donors (Lipinski definition) is 3. The van der Waals surface area contributed by atoms with Crippen molar-refractivity contribution in [1.82, 2.24) is 0 Å². The first kappa shape index (κ1) is 23.0. The highest BCUT2D eigenvalue weighted by Crippen LogP contribution is 2.65. The van der Waals surface area contributed by atoms with Crippen LogP contribution in [0.25, 0.3) is 0 Å². The molecule has 172 valence electrons. The Morgan fingerprint density at radius 3 is 2.33 bits per heavy atom. The van der Waals surface area contributed by atoms with E-state index in [1.165, 1.54) is 5.57 Å². The smallest absolute Gasteiger partial charge is 0.192 e. The summed E-state index contributed by atoms with van der Waals surface area (Å²) in [6.07, 6.45) is 6.34. The molecular formula is C25H44O4Si. The van der Waals surface area contributed by atoms with Crippen molar-refractivity contribution in [2.45, 2.75) is 116 Å². The Labute approximate surface area is 184 Å².